The normalized spacial score (nSPS) is 17.1. The lowest BCUT2D eigenvalue weighted by Gasteiger charge is -2.34. The number of halogens is 6. The molecule has 6 nitrogen and oxygen atoms in total. The molecule has 1 fully saturated rings. The fraction of sp³-hybridized carbons (Fsp3) is 0.652. The van der Waals surface area contributed by atoms with Crippen molar-refractivity contribution >= 4 is 11.9 Å². The van der Waals surface area contributed by atoms with Gasteiger partial charge in [0, 0.05) is 19.2 Å². The zero-order chi connectivity index (χ0) is 27.0. The fourth-order valence-electron chi connectivity index (χ4n) is 3.82. The molecular formula is C23H30F6N2O4. The number of aliphatic hydroxyl groups is 1. The van der Waals surface area contributed by atoms with Crippen LogP contribution in [0.5, 0.6) is 5.75 Å². The highest BCUT2D eigenvalue weighted by Crippen LogP contribution is 2.52. The van der Waals surface area contributed by atoms with E-state index in [1.54, 1.807) is 20.9 Å². The molecule has 1 aromatic carbocycles. The largest absolute Gasteiger partial charge is 0.494 e. The van der Waals surface area contributed by atoms with Gasteiger partial charge in [-0.15, -0.1) is 0 Å². The molecule has 0 unspecified atom stereocenters. The Hall–Kier alpha value is -2.50. The molecule has 0 aliphatic carbocycles. The van der Waals surface area contributed by atoms with Gasteiger partial charge in [-0.05, 0) is 56.7 Å². The van der Waals surface area contributed by atoms with E-state index in [9.17, 15) is 41.0 Å². The van der Waals surface area contributed by atoms with Crippen LogP contribution in [0.4, 0.5) is 31.1 Å². The first-order chi connectivity index (χ1) is 15.9. The van der Waals surface area contributed by atoms with Crippen LogP contribution in [0.25, 0.3) is 0 Å². The van der Waals surface area contributed by atoms with E-state index in [0.29, 0.717) is 25.3 Å². The van der Waals surface area contributed by atoms with Crippen LogP contribution in [0.2, 0.25) is 0 Å². The first kappa shape index (κ1) is 28.7. The van der Waals surface area contributed by atoms with E-state index in [2.05, 4.69) is 0 Å². The second kappa shape index (κ2) is 9.87. The van der Waals surface area contributed by atoms with Gasteiger partial charge >= 0.3 is 18.4 Å². The van der Waals surface area contributed by atoms with Gasteiger partial charge in [-0.3, -0.25) is 9.69 Å². The Morgan fingerprint density at radius 1 is 1.00 bits per heavy atom. The zero-order valence-corrected chi connectivity index (χ0v) is 20.2. The second-order valence-corrected chi connectivity index (χ2v) is 9.38. The van der Waals surface area contributed by atoms with Crippen LogP contribution < -0.4 is 4.74 Å². The predicted molar refractivity (Wildman–Crippen MR) is 115 cm³/mol. The van der Waals surface area contributed by atoms with E-state index in [0.717, 1.165) is 12.1 Å². The highest BCUT2D eigenvalue weighted by Gasteiger charge is 2.72. The number of hydrogen-bond donors (Lipinski definition) is 1. The Labute approximate surface area is 199 Å². The van der Waals surface area contributed by atoms with Crippen LogP contribution in [0, 0.1) is 0 Å². The van der Waals surface area contributed by atoms with Crippen molar-refractivity contribution in [3.05, 3.63) is 29.3 Å². The Morgan fingerprint density at radius 3 is 2.03 bits per heavy atom. The van der Waals surface area contributed by atoms with Crippen LogP contribution in [0.3, 0.4) is 0 Å². The third kappa shape index (κ3) is 5.36. The summed E-state index contributed by atoms with van der Waals surface area (Å²) in [6.07, 6.45) is -10.4. The SMILES string of the molecule is CC(C)c1cc(OCCCCCN2C(=O)N(C)C(C)(C)C2=O)ccc1C(O)(C(F)(F)F)C(F)(F)F. The molecule has 0 bridgehead atoms. The molecule has 1 heterocycles. The number of urea groups is 1. The van der Waals surface area contributed by atoms with Crippen LogP contribution in [0.1, 0.15) is 64.0 Å². The van der Waals surface area contributed by atoms with Crippen molar-refractivity contribution in [2.75, 3.05) is 20.2 Å². The molecule has 1 aliphatic heterocycles. The third-order valence-corrected chi connectivity index (χ3v) is 6.27. The maximum Gasteiger partial charge on any atom is 0.430 e. The molecule has 0 radical (unpaired) electrons. The Balaban J connectivity index is 2.01. The Morgan fingerprint density at radius 2 is 1.57 bits per heavy atom. The quantitative estimate of drug-likeness (QED) is 0.275. The van der Waals surface area contributed by atoms with Gasteiger partial charge in [-0.1, -0.05) is 19.9 Å². The molecule has 198 valence electrons. The van der Waals surface area contributed by atoms with Gasteiger partial charge in [0.25, 0.3) is 11.5 Å². The molecule has 1 aromatic rings. The first-order valence-electron chi connectivity index (χ1n) is 11.1. The number of rotatable bonds is 9. The molecular weight excluding hydrogens is 482 g/mol. The highest BCUT2D eigenvalue weighted by atomic mass is 19.4. The molecule has 0 atom stereocenters. The maximum absolute atomic E-state index is 13.3. The number of ether oxygens (including phenoxy) is 1. The van der Waals surface area contributed by atoms with E-state index in [-0.39, 0.29) is 36.4 Å². The summed E-state index contributed by atoms with van der Waals surface area (Å²) >= 11 is 0. The number of imide groups is 1. The topological polar surface area (TPSA) is 70.1 Å². The van der Waals surface area contributed by atoms with Gasteiger partial charge in [-0.25, -0.2) is 4.79 Å². The van der Waals surface area contributed by atoms with Gasteiger partial charge in [0.15, 0.2) is 0 Å². The monoisotopic (exact) mass is 512 g/mol. The highest BCUT2D eigenvalue weighted by molar-refractivity contribution is 6.06. The molecule has 0 aromatic heterocycles. The first-order valence-corrected chi connectivity index (χ1v) is 11.1. The summed E-state index contributed by atoms with van der Waals surface area (Å²) in [5.41, 5.74) is -7.54. The standard InChI is InChI=1S/C23H30F6N2O4/c1-14(2)16-13-15(9-10-17(16)21(34,22(24,25)26)23(27,28)29)35-12-8-6-7-11-31-18(32)20(3,4)30(5)19(31)33/h9-10,13-14,34H,6-8,11-12H2,1-5H3. The third-order valence-electron chi connectivity index (χ3n) is 6.27. The number of carbonyl (C=O) groups is 2. The van der Waals surface area contributed by atoms with E-state index >= 15 is 0 Å². The molecule has 1 N–H and O–H groups in total. The number of alkyl halides is 6. The van der Waals surface area contributed by atoms with Gasteiger partial charge in [-0.2, -0.15) is 26.3 Å². The van der Waals surface area contributed by atoms with Crippen molar-refractivity contribution < 1.29 is 45.8 Å². The van der Waals surface area contributed by atoms with E-state index in [1.807, 2.05) is 0 Å². The number of nitrogens with zero attached hydrogens (tertiary/aromatic N) is 2. The number of carbonyl (C=O) groups excluding carboxylic acids is 2. The van der Waals surface area contributed by atoms with Crippen LogP contribution >= 0.6 is 0 Å². The molecule has 3 amide bonds. The summed E-state index contributed by atoms with van der Waals surface area (Å²) in [6, 6.07) is 2.25. The summed E-state index contributed by atoms with van der Waals surface area (Å²) in [7, 11) is 1.55. The summed E-state index contributed by atoms with van der Waals surface area (Å²) in [6.45, 7) is 6.48. The van der Waals surface area contributed by atoms with E-state index < -0.39 is 35.0 Å². The number of hydrogen-bond acceptors (Lipinski definition) is 4. The summed E-state index contributed by atoms with van der Waals surface area (Å²) in [5, 5.41) is 9.78. The number of likely N-dealkylation sites (N-methyl/N-ethyl adjacent to an activating group) is 1. The average Bonchev–Trinajstić information content (AvgIpc) is 2.88. The van der Waals surface area contributed by atoms with Crippen molar-refractivity contribution in [2.24, 2.45) is 0 Å². The number of benzene rings is 1. The van der Waals surface area contributed by atoms with Gasteiger partial charge in [0.1, 0.15) is 11.3 Å². The predicted octanol–water partition coefficient (Wildman–Crippen LogP) is 5.34. The molecule has 35 heavy (non-hydrogen) atoms. The molecule has 1 saturated heterocycles. The van der Waals surface area contributed by atoms with Crippen LogP contribution in [-0.4, -0.2) is 64.9 Å². The summed E-state index contributed by atoms with van der Waals surface area (Å²) in [5.74, 6) is -0.986. The van der Waals surface area contributed by atoms with E-state index in [1.165, 1.54) is 23.6 Å². The molecule has 0 spiro atoms. The molecule has 12 heteroatoms. The van der Waals surface area contributed by atoms with Crippen molar-refractivity contribution in [3.63, 3.8) is 0 Å². The molecule has 1 aliphatic rings. The molecule has 2 rings (SSSR count). The zero-order valence-electron chi connectivity index (χ0n) is 20.2. The van der Waals surface area contributed by atoms with Crippen molar-refractivity contribution in [3.8, 4) is 5.75 Å². The second-order valence-electron chi connectivity index (χ2n) is 9.38. The number of unbranched alkanes of at least 4 members (excludes halogenated alkanes) is 2. The maximum atomic E-state index is 13.3. The Bertz CT molecular complexity index is 929. The summed E-state index contributed by atoms with van der Waals surface area (Å²) in [4.78, 5) is 27.1. The lowest BCUT2D eigenvalue weighted by Crippen LogP contribution is -2.54. The van der Waals surface area contributed by atoms with Gasteiger partial charge in [0.2, 0.25) is 0 Å². The van der Waals surface area contributed by atoms with Crippen molar-refractivity contribution in [1.29, 1.82) is 0 Å². The van der Waals surface area contributed by atoms with Crippen LogP contribution in [0.15, 0.2) is 18.2 Å². The number of amides is 3. The Kier molecular flexibility index (Phi) is 8.10. The van der Waals surface area contributed by atoms with Crippen molar-refractivity contribution in [2.45, 2.75) is 76.4 Å². The minimum absolute atomic E-state index is 0.0671. The smallest absolute Gasteiger partial charge is 0.430 e. The minimum Gasteiger partial charge on any atom is -0.494 e. The summed E-state index contributed by atoms with van der Waals surface area (Å²) < 4.78 is 85.5. The lowest BCUT2D eigenvalue weighted by atomic mass is 9.84. The molecule has 0 saturated carbocycles. The van der Waals surface area contributed by atoms with Gasteiger partial charge in [0.05, 0.1) is 6.61 Å². The van der Waals surface area contributed by atoms with Crippen LogP contribution in [-0.2, 0) is 10.4 Å². The lowest BCUT2D eigenvalue weighted by molar-refractivity contribution is -0.376. The van der Waals surface area contributed by atoms with Gasteiger partial charge < -0.3 is 14.7 Å². The average molecular weight is 512 g/mol. The fourth-order valence-corrected chi connectivity index (χ4v) is 3.82. The van der Waals surface area contributed by atoms with Crippen molar-refractivity contribution in [1.82, 2.24) is 9.80 Å². The van der Waals surface area contributed by atoms with E-state index in [4.69, 9.17) is 4.74 Å². The minimum atomic E-state index is -5.97.